The molecule has 4 rings (SSSR count). The van der Waals surface area contributed by atoms with Crippen LogP contribution in [-0.2, 0) is 11.2 Å². The molecule has 148 valence electrons. The van der Waals surface area contributed by atoms with Crippen molar-refractivity contribution in [1.82, 2.24) is 4.90 Å². The van der Waals surface area contributed by atoms with Gasteiger partial charge < -0.3 is 5.32 Å². The maximum absolute atomic E-state index is 12.8. The van der Waals surface area contributed by atoms with E-state index in [1.807, 2.05) is 24.3 Å². The standard InChI is InChI=1S/C24H19N3O3/c25-14-13-16-9-11-18(12-10-16)26-21(28)8-3-15-27-23(29)19-6-1-4-17-5-2-7-20(22(17)19)24(27)30/h1-2,4-7,9-12H,3,8,13,15H2,(H,26,28). The van der Waals surface area contributed by atoms with Crippen LogP contribution in [0.25, 0.3) is 10.8 Å². The van der Waals surface area contributed by atoms with E-state index in [2.05, 4.69) is 11.4 Å². The van der Waals surface area contributed by atoms with Crippen molar-refractivity contribution in [3.8, 4) is 6.07 Å². The van der Waals surface area contributed by atoms with Gasteiger partial charge in [-0.3, -0.25) is 19.3 Å². The highest BCUT2D eigenvalue weighted by Crippen LogP contribution is 2.30. The zero-order valence-electron chi connectivity index (χ0n) is 16.2. The maximum Gasteiger partial charge on any atom is 0.261 e. The number of anilines is 1. The molecule has 0 bridgehead atoms. The molecule has 0 atom stereocenters. The van der Waals surface area contributed by atoms with Gasteiger partial charge in [0.15, 0.2) is 0 Å². The van der Waals surface area contributed by atoms with Crippen LogP contribution in [0.5, 0.6) is 0 Å². The minimum atomic E-state index is -0.321. The summed E-state index contributed by atoms with van der Waals surface area (Å²) in [5, 5.41) is 13.1. The van der Waals surface area contributed by atoms with Gasteiger partial charge in [0.2, 0.25) is 5.91 Å². The third-order valence-electron chi connectivity index (χ3n) is 5.16. The molecule has 0 aliphatic carbocycles. The monoisotopic (exact) mass is 397 g/mol. The van der Waals surface area contributed by atoms with Crippen molar-refractivity contribution >= 4 is 34.2 Å². The van der Waals surface area contributed by atoms with Gasteiger partial charge in [0.25, 0.3) is 11.8 Å². The number of benzene rings is 3. The first-order chi connectivity index (χ1) is 14.6. The molecule has 1 aliphatic rings. The molecule has 3 aromatic carbocycles. The molecule has 1 N–H and O–H groups in total. The smallest absolute Gasteiger partial charge is 0.261 e. The molecular formula is C24H19N3O3. The van der Waals surface area contributed by atoms with E-state index in [1.54, 1.807) is 36.4 Å². The highest BCUT2D eigenvalue weighted by molar-refractivity contribution is 6.25. The summed E-state index contributed by atoms with van der Waals surface area (Å²) < 4.78 is 0. The summed E-state index contributed by atoms with van der Waals surface area (Å²) in [6.07, 6.45) is 0.875. The predicted octanol–water partition coefficient (Wildman–Crippen LogP) is 3.92. The fourth-order valence-electron chi connectivity index (χ4n) is 3.70. The lowest BCUT2D eigenvalue weighted by Gasteiger charge is -2.27. The summed E-state index contributed by atoms with van der Waals surface area (Å²) in [6, 6.07) is 20.0. The topological polar surface area (TPSA) is 90.3 Å². The van der Waals surface area contributed by atoms with Gasteiger partial charge in [0.05, 0.1) is 12.5 Å². The molecule has 0 fully saturated rings. The van der Waals surface area contributed by atoms with Crippen molar-refractivity contribution in [2.75, 3.05) is 11.9 Å². The molecule has 1 heterocycles. The Hall–Kier alpha value is -3.98. The van der Waals surface area contributed by atoms with Gasteiger partial charge in [-0.25, -0.2) is 0 Å². The molecule has 0 aromatic heterocycles. The molecule has 0 saturated carbocycles. The van der Waals surface area contributed by atoms with Crippen LogP contribution in [0.2, 0.25) is 0 Å². The number of nitrogens with one attached hydrogen (secondary N) is 1. The molecule has 0 unspecified atom stereocenters. The number of imide groups is 1. The van der Waals surface area contributed by atoms with E-state index < -0.39 is 0 Å². The molecule has 1 aliphatic heterocycles. The molecular weight excluding hydrogens is 378 g/mol. The van der Waals surface area contributed by atoms with Crippen LogP contribution >= 0.6 is 0 Å². The number of rotatable bonds is 6. The van der Waals surface area contributed by atoms with Gasteiger partial charge in [0, 0.05) is 35.2 Å². The lowest BCUT2D eigenvalue weighted by atomic mass is 9.94. The maximum atomic E-state index is 12.8. The SMILES string of the molecule is N#CCc1ccc(NC(=O)CCCN2C(=O)c3cccc4cccc(c34)C2=O)cc1. The van der Waals surface area contributed by atoms with Crippen molar-refractivity contribution in [3.63, 3.8) is 0 Å². The van der Waals surface area contributed by atoms with Crippen LogP contribution in [0, 0.1) is 11.3 Å². The second kappa shape index (κ2) is 8.18. The number of nitrogens with zero attached hydrogens (tertiary/aromatic N) is 2. The fourth-order valence-corrected chi connectivity index (χ4v) is 3.70. The zero-order valence-corrected chi connectivity index (χ0v) is 16.2. The lowest BCUT2D eigenvalue weighted by Crippen LogP contribution is -2.41. The molecule has 3 aromatic rings. The second-order valence-corrected chi connectivity index (χ2v) is 7.15. The van der Waals surface area contributed by atoms with Crippen molar-refractivity contribution < 1.29 is 14.4 Å². The summed E-state index contributed by atoms with van der Waals surface area (Å²) in [6.45, 7) is 0.177. The Morgan fingerprint density at radius 3 is 2.17 bits per heavy atom. The minimum absolute atomic E-state index is 0.177. The van der Waals surface area contributed by atoms with Crippen LogP contribution in [0.1, 0.15) is 39.1 Å². The van der Waals surface area contributed by atoms with E-state index in [0.29, 0.717) is 35.0 Å². The van der Waals surface area contributed by atoms with Crippen molar-refractivity contribution in [1.29, 1.82) is 5.26 Å². The zero-order chi connectivity index (χ0) is 21.1. The Kier molecular flexibility index (Phi) is 5.27. The molecule has 0 radical (unpaired) electrons. The van der Waals surface area contributed by atoms with Gasteiger partial charge >= 0.3 is 0 Å². The number of hydrogen-bond acceptors (Lipinski definition) is 4. The lowest BCUT2D eigenvalue weighted by molar-refractivity contribution is -0.116. The number of carbonyl (C=O) groups is 3. The van der Waals surface area contributed by atoms with Crippen LogP contribution < -0.4 is 5.32 Å². The third kappa shape index (κ3) is 3.65. The van der Waals surface area contributed by atoms with E-state index in [0.717, 1.165) is 10.9 Å². The Balaban J connectivity index is 1.38. The number of carbonyl (C=O) groups excluding carboxylic acids is 3. The average Bonchev–Trinajstić information content (AvgIpc) is 2.76. The van der Waals surface area contributed by atoms with E-state index in [4.69, 9.17) is 5.26 Å². The molecule has 0 spiro atoms. The summed E-state index contributed by atoms with van der Waals surface area (Å²) in [5.41, 5.74) is 2.56. The van der Waals surface area contributed by atoms with Crippen LogP contribution in [-0.4, -0.2) is 29.2 Å². The molecule has 3 amide bonds. The first-order valence-corrected chi connectivity index (χ1v) is 9.72. The van der Waals surface area contributed by atoms with E-state index in [9.17, 15) is 14.4 Å². The third-order valence-corrected chi connectivity index (χ3v) is 5.16. The summed E-state index contributed by atoms with van der Waals surface area (Å²) in [4.78, 5) is 39.1. The Bertz CT molecular complexity index is 1140. The van der Waals surface area contributed by atoms with E-state index >= 15 is 0 Å². The molecule has 0 saturated heterocycles. The summed E-state index contributed by atoms with van der Waals surface area (Å²) >= 11 is 0. The van der Waals surface area contributed by atoms with Gasteiger partial charge in [-0.2, -0.15) is 5.26 Å². The van der Waals surface area contributed by atoms with E-state index in [1.165, 1.54) is 4.90 Å². The summed E-state index contributed by atoms with van der Waals surface area (Å²) in [7, 11) is 0. The quantitative estimate of drug-likeness (QED) is 0.638. The average molecular weight is 397 g/mol. The van der Waals surface area contributed by atoms with Crippen molar-refractivity contribution in [2.24, 2.45) is 0 Å². The van der Waals surface area contributed by atoms with Crippen molar-refractivity contribution in [2.45, 2.75) is 19.3 Å². The Morgan fingerprint density at radius 1 is 0.933 bits per heavy atom. The predicted molar refractivity (Wildman–Crippen MR) is 113 cm³/mol. The summed E-state index contributed by atoms with van der Waals surface area (Å²) in [5.74, 6) is -0.835. The molecule has 30 heavy (non-hydrogen) atoms. The number of nitriles is 1. The fraction of sp³-hybridized carbons (Fsp3) is 0.167. The second-order valence-electron chi connectivity index (χ2n) is 7.15. The van der Waals surface area contributed by atoms with Crippen LogP contribution in [0.4, 0.5) is 5.69 Å². The van der Waals surface area contributed by atoms with Crippen LogP contribution in [0.15, 0.2) is 60.7 Å². The molecule has 6 nitrogen and oxygen atoms in total. The first-order valence-electron chi connectivity index (χ1n) is 9.72. The van der Waals surface area contributed by atoms with Gasteiger partial charge in [-0.05, 0) is 41.6 Å². The van der Waals surface area contributed by atoms with Gasteiger partial charge in [-0.15, -0.1) is 0 Å². The van der Waals surface area contributed by atoms with Crippen LogP contribution in [0.3, 0.4) is 0 Å². The van der Waals surface area contributed by atoms with Gasteiger partial charge in [-0.1, -0.05) is 36.4 Å². The Labute approximate surface area is 173 Å². The van der Waals surface area contributed by atoms with Gasteiger partial charge in [0.1, 0.15) is 0 Å². The normalized spacial score (nSPS) is 12.7. The number of hydrogen-bond donors (Lipinski definition) is 1. The largest absolute Gasteiger partial charge is 0.326 e. The highest BCUT2D eigenvalue weighted by atomic mass is 16.2. The highest BCUT2D eigenvalue weighted by Gasteiger charge is 2.32. The first kappa shape index (κ1) is 19.3. The Morgan fingerprint density at radius 2 is 1.57 bits per heavy atom. The minimum Gasteiger partial charge on any atom is -0.326 e. The molecule has 6 heteroatoms. The number of amides is 3. The van der Waals surface area contributed by atoms with E-state index in [-0.39, 0.29) is 30.7 Å². The van der Waals surface area contributed by atoms with Crippen molar-refractivity contribution in [3.05, 3.63) is 77.4 Å².